The van der Waals surface area contributed by atoms with E-state index in [1.165, 1.54) is 12.0 Å². The predicted octanol–water partition coefficient (Wildman–Crippen LogP) is 4.90. The molecule has 0 N–H and O–H groups in total. The zero-order chi connectivity index (χ0) is 29.9. The summed E-state index contributed by atoms with van der Waals surface area (Å²) in [7, 11) is 1.54. The third-order valence-corrected chi connectivity index (χ3v) is 6.15. The number of benzene rings is 1. The summed E-state index contributed by atoms with van der Waals surface area (Å²) in [6, 6.07) is 6.30. The molecular weight excluding hydrogens is 532 g/mol. The lowest BCUT2D eigenvalue weighted by atomic mass is 9.91. The Morgan fingerprint density at radius 1 is 0.950 bits per heavy atom. The van der Waals surface area contributed by atoms with Crippen LogP contribution in [0.25, 0.3) is 0 Å². The Labute approximate surface area is 233 Å². The average molecular weight is 572 g/mol. The topological polar surface area (TPSA) is 110 Å². The van der Waals surface area contributed by atoms with E-state index in [1.807, 2.05) is 0 Å². The van der Waals surface area contributed by atoms with E-state index in [0.717, 1.165) is 5.56 Å². The molecule has 1 heterocycles. The number of hydrogen-bond acceptors (Lipinski definition) is 9. The number of carbonyl (C=O) groups is 3. The zero-order valence-electron chi connectivity index (χ0n) is 24.0. The van der Waals surface area contributed by atoms with Crippen molar-refractivity contribution in [2.75, 3.05) is 20.3 Å². The third-order valence-electron chi connectivity index (χ3n) is 6.15. The van der Waals surface area contributed by atoms with Gasteiger partial charge < -0.3 is 28.4 Å². The molecule has 0 radical (unpaired) electrons. The summed E-state index contributed by atoms with van der Waals surface area (Å²) in [6.07, 6.45) is -5.39. The van der Waals surface area contributed by atoms with E-state index in [0.29, 0.717) is 5.75 Å². The minimum Gasteiger partial charge on any atom is -0.497 e. The lowest BCUT2D eigenvalue weighted by Crippen LogP contribution is -2.46. The van der Waals surface area contributed by atoms with Crippen molar-refractivity contribution in [2.24, 2.45) is 0 Å². The number of carbonyl (C=O) groups excluding carboxylic acids is 3. The van der Waals surface area contributed by atoms with Crippen molar-refractivity contribution in [3.05, 3.63) is 29.8 Å². The van der Waals surface area contributed by atoms with Crippen LogP contribution in [-0.2, 0) is 34.9 Å². The SMILES string of the molecule is COc1ccc(C[C@@H]2[C@H](OC(=O)COC3CC(F)(F)C3)[C@@H](OC(=O)OC(C)(C)C)CN2C(=O)OC(C)(C)C)cc1. The van der Waals surface area contributed by atoms with Crippen molar-refractivity contribution in [3.8, 4) is 5.75 Å². The van der Waals surface area contributed by atoms with Gasteiger partial charge >= 0.3 is 18.2 Å². The van der Waals surface area contributed by atoms with Crippen molar-refractivity contribution >= 4 is 18.2 Å². The molecule has 1 aromatic carbocycles. The van der Waals surface area contributed by atoms with Crippen LogP contribution in [0, 0.1) is 0 Å². The summed E-state index contributed by atoms with van der Waals surface area (Å²) >= 11 is 0. The maximum absolute atomic E-state index is 13.3. The smallest absolute Gasteiger partial charge is 0.497 e. The van der Waals surface area contributed by atoms with E-state index in [9.17, 15) is 23.2 Å². The number of esters is 1. The van der Waals surface area contributed by atoms with Gasteiger partial charge in [-0.3, -0.25) is 4.90 Å². The molecular formula is C28H39F2NO9. The molecule has 1 saturated heterocycles. The van der Waals surface area contributed by atoms with Crippen LogP contribution in [0.15, 0.2) is 24.3 Å². The van der Waals surface area contributed by atoms with Crippen molar-refractivity contribution in [2.45, 2.75) is 102 Å². The van der Waals surface area contributed by atoms with Crippen molar-refractivity contribution in [1.29, 1.82) is 0 Å². The van der Waals surface area contributed by atoms with Gasteiger partial charge in [-0.15, -0.1) is 0 Å². The lowest BCUT2D eigenvalue weighted by Gasteiger charge is -2.34. The minimum absolute atomic E-state index is 0.136. The maximum Gasteiger partial charge on any atom is 0.509 e. The second-order valence-corrected chi connectivity index (χ2v) is 12.0. The summed E-state index contributed by atoms with van der Waals surface area (Å²) in [5.41, 5.74) is -0.892. The maximum atomic E-state index is 13.3. The van der Waals surface area contributed by atoms with Crippen LogP contribution in [0.1, 0.15) is 59.9 Å². The number of nitrogens with zero attached hydrogens (tertiary/aromatic N) is 1. The molecule has 3 atom stereocenters. The average Bonchev–Trinajstić information content (AvgIpc) is 3.11. The molecule has 1 amide bonds. The van der Waals surface area contributed by atoms with Crippen LogP contribution < -0.4 is 4.74 Å². The van der Waals surface area contributed by atoms with Gasteiger partial charge in [0.05, 0.1) is 25.8 Å². The summed E-state index contributed by atoms with van der Waals surface area (Å²) in [5.74, 6) is -3.01. The summed E-state index contributed by atoms with van der Waals surface area (Å²) in [5, 5.41) is 0. The Morgan fingerprint density at radius 3 is 2.08 bits per heavy atom. The van der Waals surface area contributed by atoms with Crippen LogP contribution in [0.2, 0.25) is 0 Å². The summed E-state index contributed by atoms with van der Waals surface area (Å²) < 4.78 is 59.0. The molecule has 224 valence electrons. The van der Waals surface area contributed by atoms with Gasteiger partial charge in [0.2, 0.25) is 0 Å². The molecule has 1 aromatic rings. The number of amides is 1. The first-order valence-corrected chi connectivity index (χ1v) is 13.2. The van der Waals surface area contributed by atoms with E-state index in [4.69, 9.17) is 28.4 Å². The van der Waals surface area contributed by atoms with Gasteiger partial charge in [-0.2, -0.15) is 0 Å². The van der Waals surface area contributed by atoms with E-state index >= 15 is 0 Å². The Hall–Kier alpha value is -3.15. The van der Waals surface area contributed by atoms with Gasteiger partial charge in [-0.1, -0.05) is 12.1 Å². The van der Waals surface area contributed by atoms with Gasteiger partial charge in [0.25, 0.3) is 5.92 Å². The molecule has 1 aliphatic carbocycles. The van der Waals surface area contributed by atoms with Gasteiger partial charge in [0, 0.05) is 12.8 Å². The number of alkyl halides is 2. The fraction of sp³-hybridized carbons (Fsp3) is 0.679. The highest BCUT2D eigenvalue weighted by Crippen LogP contribution is 2.39. The van der Waals surface area contributed by atoms with Crippen LogP contribution >= 0.6 is 0 Å². The van der Waals surface area contributed by atoms with Gasteiger partial charge in [-0.25, -0.2) is 23.2 Å². The first-order chi connectivity index (χ1) is 18.4. The largest absolute Gasteiger partial charge is 0.509 e. The van der Waals surface area contributed by atoms with Gasteiger partial charge in [-0.05, 0) is 65.7 Å². The molecule has 0 spiro atoms. The number of likely N-dealkylation sites (tertiary alicyclic amines) is 1. The van der Waals surface area contributed by atoms with E-state index < -0.39 is 79.1 Å². The summed E-state index contributed by atoms with van der Waals surface area (Å²) in [6.45, 7) is 9.44. The molecule has 0 unspecified atom stereocenters. The number of methoxy groups -OCH3 is 1. The highest BCUT2D eigenvalue weighted by Gasteiger charge is 2.50. The minimum atomic E-state index is -2.80. The van der Waals surface area contributed by atoms with Crippen LogP contribution in [0.5, 0.6) is 5.75 Å². The van der Waals surface area contributed by atoms with Crippen molar-refractivity contribution in [1.82, 2.24) is 4.90 Å². The van der Waals surface area contributed by atoms with Crippen LogP contribution in [0.3, 0.4) is 0 Å². The molecule has 3 rings (SSSR count). The Kier molecular flexibility index (Phi) is 9.54. The third kappa shape index (κ3) is 9.21. The summed E-state index contributed by atoms with van der Waals surface area (Å²) in [4.78, 5) is 40.0. The standard InChI is InChI=1S/C28H39F2NO9/c1-26(2,3)39-24(33)31-15-21(37-25(34)40-27(4,5)6)23(20(31)12-17-8-10-18(35-7)11-9-17)38-22(32)16-36-19-13-28(29,30)14-19/h8-11,19-21,23H,12-16H2,1-7H3/t20-,21+,23+/m1/s1. The zero-order valence-corrected chi connectivity index (χ0v) is 24.0. The quantitative estimate of drug-likeness (QED) is 0.318. The highest BCUT2D eigenvalue weighted by atomic mass is 19.3. The molecule has 0 bridgehead atoms. The number of halogens is 2. The molecule has 1 aliphatic heterocycles. The normalized spacial score (nSPS) is 22.7. The van der Waals surface area contributed by atoms with Crippen molar-refractivity contribution < 1.29 is 51.6 Å². The molecule has 12 heteroatoms. The second-order valence-electron chi connectivity index (χ2n) is 12.0. The molecule has 10 nitrogen and oxygen atoms in total. The van der Waals surface area contributed by atoms with Crippen molar-refractivity contribution in [3.63, 3.8) is 0 Å². The molecule has 2 aliphatic rings. The van der Waals surface area contributed by atoms with Crippen LogP contribution in [-0.4, -0.2) is 84.9 Å². The van der Waals surface area contributed by atoms with E-state index in [1.54, 1.807) is 65.8 Å². The lowest BCUT2D eigenvalue weighted by molar-refractivity contribution is -0.185. The van der Waals surface area contributed by atoms with E-state index in [2.05, 4.69) is 0 Å². The molecule has 40 heavy (non-hydrogen) atoms. The van der Waals surface area contributed by atoms with Crippen LogP contribution in [0.4, 0.5) is 18.4 Å². The fourth-order valence-electron chi connectivity index (χ4n) is 4.37. The molecule has 1 saturated carbocycles. The first kappa shape index (κ1) is 31.4. The van der Waals surface area contributed by atoms with Gasteiger partial charge in [0.1, 0.15) is 23.6 Å². The molecule has 2 fully saturated rings. The number of hydrogen-bond donors (Lipinski definition) is 0. The monoisotopic (exact) mass is 571 g/mol. The molecule has 0 aromatic heterocycles. The predicted molar refractivity (Wildman–Crippen MR) is 138 cm³/mol. The van der Waals surface area contributed by atoms with E-state index in [-0.39, 0.29) is 13.0 Å². The van der Waals surface area contributed by atoms with Gasteiger partial charge in [0.15, 0.2) is 12.2 Å². The number of ether oxygens (including phenoxy) is 6. The Bertz CT molecular complexity index is 1040. The second kappa shape index (κ2) is 12.2. The fourth-order valence-corrected chi connectivity index (χ4v) is 4.37. The highest BCUT2D eigenvalue weighted by molar-refractivity contribution is 5.72. The first-order valence-electron chi connectivity index (χ1n) is 13.2. The Balaban J connectivity index is 1.85. The number of rotatable bonds is 8. The Morgan fingerprint density at radius 2 is 1.55 bits per heavy atom.